The monoisotopic (exact) mass is 326 g/mol. The molecule has 1 atom stereocenters. The highest BCUT2D eigenvalue weighted by Crippen LogP contribution is 2.27. The molecule has 0 bridgehead atoms. The number of hydrogen-bond donors (Lipinski definition) is 1. The molecule has 1 unspecified atom stereocenters. The van der Waals surface area contributed by atoms with E-state index in [1.54, 1.807) is 25.2 Å². The summed E-state index contributed by atoms with van der Waals surface area (Å²) in [6, 6.07) is 4.93. The number of ether oxygens (including phenoxy) is 2. The van der Waals surface area contributed by atoms with E-state index in [0.717, 1.165) is 6.42 Å². The second-order valence-electron chi connectivity index (χ2n) is 5.09. The highest BCUT2D eigenvalue weighted by Gasteiger charge is 2.27. The molecule has 0 spiro atoms. The zero-order chi connectivity index (χ0) is 16.1. The first kappa shape index (κ1) is 16.6. The number of anilines is 1. The van der Waals surface area contributed by atoms with Crippen LogP contribution in [0.15, 0.2) is 18.2 Å². The number of amides is 2. The summed E-state index contributed by atoms with van der Waals surface area (Å²) in [5, 5.41) is 3.18. The lowest BCUT2D eigenvalue weighted by atomic mass is 10.2. The van der Waals surface area contributed by atoms with E-state index in [9.17, 15) is 9.59 Å². The van der Waals surface area contributed by atoms with Crippen molar-refractivity contribution in [3.8, 4) is 5.75 Å². The van der Waals surface area contributed by atoms with Gasteiger partial charge in [0.1, 0.15) is 11.9 Å². The van der Waals surface area contributed by atoms with E-state index in [4.69, 9.17) is 21.1 Å². The zero-order valence-corrected chi connectivity index (χ0v) is 13.4. The Morgan fingerprint density at radius 1 is 1.50 bits per heavy atom. The van der Waals surface area contributed by atoms with E-state index in [1.165, 1.54) is 12.0 Å². The summed E-state index contributed by atoms with van der Waals surface area (Å²) >= 11 is 5.91. The van der Waals surface area contributed by atoms with E-state index >= 15 is 0 Å². The van der Waals surface area contributed by atoms with Crippen molar-refractivity contribution in [2.24, 2.45) is 0 Å². The molecule has 1 fully saturated rings. The molecule has 0 saturated carbocycles. The highest BCUT2D eigenvalue weighted by atomic mass is 35.5. The van der Waals surface area contributed by atoms with Gasteiger partial charge in [-0.1, -0.05) is 11.6 Å². The average Bonchev–Trinajstić information content (AvgIpc) is 3.00. The molecule has 1 aromatic rings. The van der Waals surface area contributed by atoms with Crippen LogP contribution in [0.25, 0.3) is 0 Å². The summed E-state index contributed by atoms with van der Waals surface area (Å²) in [6.07, 6.45) is 1.14. The van der Waals surface area contributed by atoms with E-state index in [2.05, 4.69) is 5.32 Å². The van der Waals surface area contributed by atoms with Crippen LogP contribution in [0.2, 0.25) is 5.02 Å². The molecule has 2 amide bonds. The molecule has 0 radical (unpaired) electrons. The lowest BCUT2D eigenvalue weighted by Gasteiger charge is -2.20. The van der Waals surface area contributed by atoms with Gasteiger partial charge in [-0.05, 0) is 31.0 Å². The highest BCUT2D eigenvalue weighted by molar-refractivity contribution is 6.31. The molecule has 6 nitrogen and oxygen atoms in total. The van der Waals surface area contributed by atoms with Crippen LogP contribution < -0.4 is 10.1 Å². The van der Waals surface area contributed by atoms with Crippen LogP contribution in [0, 0.1) is 0 Å². The van der Waals surface area contributed by atoms with Gasteiger partial charge in [-0.15, -0.1) is 0 Å². The fourth-order valence-electron chi connectivity index (χ4n) is 2.28. The van der Waals surface area contributed by atoms with Gasteiger partial charge in [0.25, 0.3) is 5.91 Å². The van der Waals surface area contributed by atoms with Crippen LogP contribution in [-0.2, 0) is 14.3 Å². The molecular formula is C15H19ClN2O4. The smallest absolute Gasteiger partial charge is 0.251 e. The third kappa shape index (κ3) is 4.11. The fourth-order valence-corrected chi connectivity index (χ4v) is 2.45. The van der Waals surface area contributed by atoms with Gasteiger partial charge in [0, 0.05) is 18.7 Å². The maximum atomic E-state index is 12.1. The van der Waals surface area contributed by atoms with Crippen molar-refractivity contribution in [2.45, 2.75) is 18.9 Å². The average molecular weight is 327 g/mol. The predicted octanol–water partition coefficient (Wildman–Crippen LogP) is 1.92. The first-order valence-corrected chi connectivity index (χ1v) is 7.39. The second-order valence-corrected chi connectivity index (χ2v) is 5.53. The number of methoxy groups -OCH3 is 1. The lowest BCUT2D eigenvalue weighted by Crippen LogP contribution is -2.40. The molecule has 1 aromatic carbocycles. The Morgan fingerprint density at radius 2 is 2.27 bits per heavy atom. The molecule has 0 aliphatic carbocycles. The Hall–Kier alpha value is -1.79. The van der Waals surface area contributed by atoms with Crippen molar-refractivity contribution < 1.29 is 19.1 Å². The summed E-state index contributed by atoms with van der Waals surface area (Å²) in [7, 11) is 3.09. The van der Waals surface area contributed by atoms with E-state index in [-0.39, 0.29) is 18.4 Å². The number of carbonyl (C=O) groups is 2. The molecule has 1 aliphatic rings. The Labute approximate surface area is 134 Å². The van der Waals surface area contributed by atoms with Crippen LogP contribution in [0.4, 0.5) is 5.69 Å². The first-order chi connectivity index (χ1) is 10.5. The van der Waals surface area contributed by atoms with Gasteiger partial charge in [-0.3, -0.25) is 9.59 Å². The fraction of sp³-hybridized carbons (Fsp3) is 0.467. The molecule has 1 heterocycles. The van der Waals surface area contributed by atoms with Crippen LogP contribution >= 0.6 is 11.6 Å². The van der Waals surface area contributed by atoms with Crippen LogP contribution in [-0.4, -0.2) is 50.1 Å². The number of hydrogen-bond acceptors (Lipinski definition) is 4. The van der Waals surface area contributed by atoms with Crippen LogP contribution in [0.3, 0.4) is 0 Å². The Kier molecular flexibility index (Phi) is 5.63. The molecule has 7 heteroatoms. The standard InChI is InChI=1S/C15H19ClN2O4/c1-18(15(20)13-4-3-7-22-13)9-14(19)17-11-8-10(16)5-6-12(11)21-2/h5-6,8,13H,3-4,7,9H2,1-2H3,(H,17,19). The minimum atomic E-state index is -0.432. The minimum Gasteiger partial charge on any atom is -0.495 e. The van der Waals surface area contributed by atoms with Crippen molar-refractivity contribution in [1.29, 1.82) is 0 Å². The lowest BCUT2D eigenvalue weighted by molar-refractivity contribution is -0.141. The minimum absolute atomic E-state index is 0.0611. The van der Waals surface area contributed by atoms with Gasteiger partial charge < -0.3 is 19.7 Å². The Morgan fingerprint density at radius 3 is 2.91 bits per heavy atom. The molecule has 0 aromatic heterocycles. The van der Waals surface area contributed by atoms with Gasteiger partial charge in [0.05, 0.1) is 19.3 Å². The van der Waals surface area contributed by atoms with Gasteiger partial charge in [-0.25, -0.2) is 0 Å². The third-order valence-electron chi connectivity index (χ3n) is 3.40. The summed E-state index contributed by atoms with van der Waals surface area (Å²) in [4.78, 5) is 25.5. The first-order valence-electron chi connectivity index (χ1n) is 7.01. The molecule has 120 valence electrons. The normalized spacial score (nSPS) is 17.1. The van der Waals surface area contributed by atoms with E-state index in [0.29, 0.717) is 29.5 Å². The predicted molar refractivity (Wildman–Crippen MR) is 83.2 cm³/mol. The number of carbonyl (C=O) groups excluding carboxylic acids is 2. The third-order valence-corrected chi connectivity index (χ3v) is 3.63. The topological polar surface area (TPSA) is 67.9 Å². The number of likely N-dealkylation sites (N-methyl/N-ethyl adjacent to an activating group) is 1. The Bertz CT molecular complexity index is 558. The summed E-state index contributed by atoms with van der Waals surface area (Å²) < 4.78 is 10.5. The maximum absolute atomic E-state index is 12.1. The molecule has 1 N–H and O–H groups in total. The largest absolute Gasteiger partial charge is 0.495 e. The van der Waals surface area contributed by atoms with Crippen LogP contribution in [0.5, 0.6) is 5.75 Å². The number of nitrogens with one attached hydrogen (secondary N) is 1. The molecule has 2 rings (SSSR count). The van der Waals surface area contributed by atoms with Gasteiger partial charge in [-0.2, -0.15) is 0 Å². The summed E-state index contributed by atoms with van der Waals surface area (Å²) in [5.74, 6) is 0.00554. The van der Waals surface area contributed by atoms with Crippen molar-refractivity contribution in [1.82, 2.24) is 4.90 Å². The molecular weight excluding hydrogens is 308 g/mol. The van der Waals surface area contributed by atoms with Crippen molar-refractivity contribution in [2.75, 3.05) is 32.6 Å². The molecule has 22 heavy (non-hydrogen) atoms. The second kappa shape index (κ2) is 7.47. The summed E-state index contributed by atoms with van der Waals surface area (Å²) in [6.45, 7) is 0.532. The van der Waals surface area contributed by atoms with Crippen molar-refractivity contribution in [3.63, 3.8) is 0 Å². The number of rotatable bonds is 5. The quantitative estimate of drug-likeness (QED) is 0.897. The van der Waals surface area contributed by atoms with E-state index < -0.39 is 6.10 Å². The molecule has 1 aliphatic heterocycles. The number of halogens is 1. The SMILES string of the molecule is COc1ccc(Cl)cc1NC(=O)CN(C)C(=O)C1CCCO1. The van der Waals surface area contributed by atoms with Crippen LogP contribution in [0.1, 0.15) is 12.8 Å². The van der Waals surface area contributed by atoms with Crippen molar-refractivity contribution in [3.05, 3.63) is 23.2 Å². The molecule has 1 saturated heterocycles. The van der Waals surface area contributed by atoms with E-state index in [1.807, 2.05) is 0 Å². The Balaban J connectivity index is 1.95. The number of nitrogens with zero attached hydrogens (tertiary/aromatic N) is 1. The van der Waals surface area contributed by atoms with Gasteiger partial charge in [0.2, 0.25) is 5.91 Å². The van der Waals surface area contributed by atoms with Gasteiger partial charge >= 0.3 is 0 Å². The number of benzene rings is 1. The maximum Gasteiger partial charge on any atom is 0.251 e. The van der Waals surface area contributed by atoms with Crippen molar-refractivity contribution >= 4 is 29.1 Å². The van der Waals surface area contributed by atoms with Gasteiger partial charge in [0.15, 0.2) is 0 Å². The zero-order valence-electron chi connectivity index (χ0n) is 12.6. The summed E-state index contributed by atoms with van der Waals surface area (Å²) in [5.41, 5.74) is 0.470.